The minimum atomic E-state index is -0.794. The molecular weight excluding hydrogens is 997 g/mol. The molecule has 0 radical (unpaired) electrons. The van der Waals surface area contributed by atoms with Crippen LogP contribution in [0.4, 0.5) is 0 Å². The van der Waals surface area contributed by atoms with E-state index in [9.17, 15) is 14.4 Å². The zero-order chi connectivity index (χ0) is 58.5. The molecule has 0 aliphatic rings. The zero-order valence-electron chi connectivity index (χ0n) is 53.5. The van der Waals surface area contributed by atoms with Crippen molar-refractivity contribution in [2.75, 3.05) is 13.2 Å². The fourth-order valence-corrected chi connectivity index (χ4v) is 9.92. The van der Waals surface area contributed by atoms with Crippen molar-refractivity contribution in [1.29, 1.82) is 0 Å². The van der Waals surface area contributed by atoms with Gasteiger partial charge in [0.15, 0.2) is 6.10 Å². The van der Waals surface area contributed by atoms with Gasteiger partial charge in [-0.15, -0.1) is 0 Å². The highest BCUT2D eigenvalue weighted by Crippen LogP contribution is 2.17. The number of carbonyl (C=O) groups excluding carboxylic acids is 3. The molecule has 0 spiro atoms. The largest absolute Gasteiger partial charge is 0.462 e. The molecule has 0 heterocycles. The standard InChI is InChI=1S/C75H130O6/c1-4-7-10-13-16-19-22-25-27-29-31-33-35-36-37-38-40-41-43-45-47-50-53-56-59-62-65-68-74(77)80-71-72(70-79-73(76)67-64-61-58-55-52-49-24-21-18-15-12-9-6-3)81-75(78)69-66-63-60-57-54-51-48-46-44-42-39-34-32-30-28-26-23-20-17-14-11-8-5-2/h8-9,11-12,17-18,20-21,26,28-29,31-32,34,49,52,72H,4-7,10,13-16,19,22-25,27,30,33,35-48,50-51,53-71H2,1-3H3/b11-8-,12-9-,20-17-,21-18-,28-26-,31-29-,34-32-,52-49-. The average Bonchev–Trinajstić information content (AvgIpc) is 3.46. The van der Waals surface area contributed by atoms with E-state index >= 15 is 0 Å². The van der Waals surface area contributed by atoms with Gasteiger partial charge in [-0.05, 0) is 116 Å². The first kappa shape index (κ1) is 77.3. The summed E-state index contributed by atoms with van der Waals surface area (Å²) >= 11 is 0. The van der Waals surface area contributed by atoms with Gasteiger partial charge in [0.25, 0.3) is 0 Å². The Morgan fingerprint density at radius 2 is 0.481 bits per heavy atom. The maximum Gasteiger partial charge on any atom is 0.306 e. The highest BCUT2D eigenvalue weighted by Gasteiger charge is 2.19. The van der Waals surface area contributed by atoms with Gasteiger partial charge in [-0.1, -0.05) is 304 Å². The van der Waals surface area contributed by atoms with Crippen LogP contribution in [0.15, 0.2) is 97.2 Å². The Bertz CT molecular complexity index is 1580. The van der Waals surface area contributed by atoms with E-state index in [1.54, 1.807) is 0 Å². The molecule has 0 N–H and O–H groups in total. The molecule has 0 aliphatic heterocycles. The van der Waals surface area contributed by atoms with Crippen LogP contribution in [0.1, 0.15) is 342 Å². The molecule has 0 rings (SSSR count). The number of unbranched alkanes of at least 4 members (excludes halogenated alkanes) is 36. The number of ether oxygens (including phenoxy) is 3. The van der Waals surface area contributed by atoms with Crippen LogP contribution in [0.25, 0.3) is 0 Å². The molecule has 0 fully saturated rings. The summed E-state index contributed by atoms with van der Waals surface area (Å²) in [4.78, 5) is 38.4. The molecule has 6 nitrogen and oxygen atoms in total. The van der Waals surface area contributed by atoms with E-state index in [0.29, 0.717) is 19.3 Å². The lowest BCUT2D eigenvalue weighted by atomic mass is 10.0. The van der Waals surface area contributed by atoms with E-state index in [1.165, 1.54) is 193 Å². The van der Waals surface area contributed by atoms with Crippen molar-refractivity contribution in [2.45, 2.75) is 348 Å². The maximum atomic E-state index is 12.9. The van der Waals surface area contributed by atoms with Crippen LogP contribution < -0.4 is 0 Å². The lowest BCUT2D eigenvalue weighted by Gasteiger charge is -2.18. The molecule has 0 aromatic carbocycles. The van der Waals surface area contributed by atoms with E-state index in [0.717, 1.165) is 109 Å². The molecule has 0 aliphatic carbocycles. The van der Waals surface area contributed by atoms with E-state index in [4.69, 9.17) is 14.2 Å². The summed E-state index contributed by atoms with van der Waals surface area (Å²) in [6.07, 6.45) is 93.0. The molecule has 81 heavy (non-hydrogen) atoms. The molecule has 0 aromatic heterocycles. The van der Waals surface area contributed by atoms with Crippen LogP contribution in [-0.4, -0.2) is 37.2 Å². The normalized spacial score (nSPS) is 12.7. The second-order valence-corrected chi connectivity index (χ2v) is 23.0. The summed E-state index contributed by atoms with van der Waals surface area (Å²) in [5.74, 6) is -0.908. The van der Waals surface area contributed by atoms with Crippen molar-refractivity contribution < 1.29 is 28.6 Å². The SMILES string of the molecule is CC/C=C\C/C=C\C/C=C\C/C=C\CCCCCCCCCCCCC(=O)OC(COC(=O)CCCCC/C=C\C/C=C\C/C=C\CC)COC(=O)CCCCCCCCCCCCCCCCC/C=C\CCCCCCCCCC. The summed E-state index contributed by atoms with van der Waals surface area (Å²) < 4.78 is 16.9. The van der Waals surface area contributed by atoms with Crippen LogP contribution in [0.5, 0.6) is 0 Å². The van der Waals surface area contributed by atoms with Crippen LogP contribution in [0.2, 0.25) is 0 Å². The van der Waals surface area contributed by atoms with Crippen molar-refractivity contribution in [3.05, 3.63) is 97.2 Å². The number of esters is 3. The Morgan fingerprint density at radius 1 is 0.259 bits per heavy atom. The minimum absolute atomic E-state index is 0.0867. The van der Waals surface area contributed by atoms with Crippen molar-refractivity contribution in [3.8, 4) is 0 Å². The summed E-state index contributed by atoms with van der Waals surface area (Å²) in [5.41, 5.74) is 0. The summed E-state index contributed by atoms with van der Waals surface area (Å²) in [6, 6.07) is 0. The van der Waals surface area contributed by atoms with Gasteiger partial charge < -0.3 is 14.2 Å². The van der Waals surface area contributed by atoms with Crippen LogP contribution in [-0.2, 0) is 28.6 Å². The Labute approximate surface area is 502 Å². The molecule has 466 valence electrons. The molecule has 1 atom stereocenters. The van der Waals surface area contributed by atoms with E-state index in [-0.39, 0.29) is 31.1 Å². The number of hydrogen-bond acceptors (Lipinski definition) is 6. The van der Waals surface area contributed by atoms with E-state index in [1.807, 2.05) is 0 Å². The smallest absolute Gasteiger partial charge is 0.306 e. The molecule has 0 aromatic rings. The van der Waals surface area contributed by atoms with Crippen molar-refractivity contribution >= 4 is 17.9 Å². The fraction of sp³-hybridized carbons (Fsp3) is 0.747. The first-order chi connectivity index (χ1) is 40.0. The van der Waals surface area contributed by atoms with Gasteiger partial charge in [0.1, 0.15) is 13.2 Å². The molecule has 1 unspecified atom stereocenters. The molecule has 6 heteroatoms. The number of carbonyl (C=O) groups is 3. The second kappa shape index (κ2) is 68.8. The fourth-order valence-electron chi connectivity index (χ4n) is 9.92. The van der Waals surface area contributed by atoms with Crippen molar-refractivity contribution in [2.24, 2.45) is 0 Å². The predicted molar refractivity (Wildman–Crippen MR) is 353 cm³/mol. The highest BCUT2D eigenvalue weighted by atomic mass is 16.6. The minimum Gasteiger partial charge on any atom is -0.462 e. The average molecular weight is 1130 g/mol. The number of allylic oxidation sites excluding steroid dienone is 16. The molecule has 0 bridgehead atoms. The molecular formula is C75H130O6. The summed E-state index contributed by atoms with van der Waals surface area (Å²) in [6.45, 7) is 6.42. The van der Waals surface area contributed by atoms with Gasteiger partial charge in [0.2, 0.25) is 0 Å². The topological polar surface area (TPSA) is 78.9 Å². The van der Waals surface area contributed by atoms with Crippen molar-refractivity contribution in [1.82, 2.24) is 0 Å². The first-order valence-corrected chi connectivity index (χ1v) is 34.7. The van der Waals surface area contributed by atoms with Crippen LogP contribution in [0.3, 0.4) is 0 Å². The van der Waals surface area contributed by atoms with E-state index in [2.05, 4.69) is 118 Å². The van der Waals surface area contributed by atoms with Gasteiger partial charge in [0, 0.05) is 19.3 Å². The Kier molecular flexibility index (Phi) is 65.7. The highest BCUT2D eigenvalue weighted by molar-refractivity contribution is 5.71. The monoisotopic (exact) mass is 1130 g/mol. The van der Waals surface area contributed by atoms with Gasteiger partial charge >= 0.3 is 17.9 Å². The lowest BCUT2D eigenvalue weighted by Crippen LogP contribution is -2.30. The third-order valence-corrected chi connectivity index (χ3v) is 15.1. The van der Waals surface area contributed by atoms with E-state index < -0.39 is 6.10 Å². The molecule has 0 amide bonds. The summed E-state index contributed by atoms with van der Waals surface area (Å²) in [5, 5.41) is 0. The zero-order valence-corrected chi connectivity index (χ0v) is 53.5. The first-order valence-electron chi connectivity index (χ1n) is 34.7. The van der Waals surface area contributed by atoms with Gasteiger partial charge in [-0.2, -0.15) is 0 Å². The second-order valence-electron chi connectivity index (χ2n) is 23.0. The van der Waals surface area contributed by atoms with Crippen molar-refractivity contribution in [3.63, 3.8) is 0 Å². The third kappa shape index (κ3) is 67.0. The molecule has 0 saturated heterocycles. The van der Waals surface area contributed by atoms with Gasteiger partial charge in [-0.25, -0.2) is 0 Å². The van der Waals surface area contributed by atoms with Gasteiger partial charge in [0.05, 0.1) is 0 Å². The summed E-state index contributed by atoms with van der Waals surface area (Å²) in [7, 11) is 0. The quantitative estimate of drug-likeness (QED) is 0.0261. The lowest BCUT2D eigenvalue weighted by molar-refractivity contribution is -0.167. The maximum absolute atomic E-state index is 12.9. The van der Waals surface area contributed by atoms with Crippen LogP contribution >= 0.6 is 0 Å². The Morgan fingerprint density at radius 3 is 0.778 bits per heavy atom. The van der Waals surface area contributed by atoms with Gasteiger partial charge in [-0.3, -0.25) is 14.4 Å². The van der Waals surface area contributed by atoms with Crippen LogP contribution in [0, 0.1) is 0 Å². The Balaban J connectivity index is 4.27. The third-order valence-electron chi connectivity index (χ3n) is 15.1. The number of hydrogen-bond donors (Lipinski definition) is 0. The predicted octanol–water partition coefficient (Wildman–Crippen LogP) is 24.0. The number of rotatable bonds is 63. The molecule has 0 saturated carbocycles. The Hall–Kier alpha value is -3.67.